The molecule has 3 atom stereocenters. The summed E-state index contributed by atoms with van der Waals surface area (Å²) in [6, 6.07) is 1.19. The van der Waals surface area contributed by atoms with Crippen LogP contribution in [0.15, 0.2) is 34.2 Å². The molecule has 2 heterocycles. The molecule has 2 N–H and O–H groups in total. The predicted octanol–water partition coefficient (Wildman–Crippen LogP) is -1.05. The average Bonchev–Trinajstić information content (AvgIpc) is 2.55. The van der Waals surface area contributed by atoms with E-state index in [1.165, 1.54) is 19.4 Å². The molecule has 0 saturated carbocycles. The second-order valence-corrected chi connectivity index (χ2v) is 3.64. The molecule has 2 rings (SSSR count). The number of hydrogen-bond donors (Lipinski definition) is 2. The monoisotopic (exact) mass is 240 g/mol. The average molecular weight is 240 g/mol. The van der Waals surface area contributed by atoms with Crippen LogP contribution in [0.2, 0.25) is 0 Å². The van der Waals surface area contributed by atoms with Gasteiger partial charge in [0, 0.05) is 19.4 Å². The van der Waals surface area contributed by atoms with Gasteiger partial charge in [-0.1, -0.05) is 6.58 Å². The number of rotatable bonds is 2. The third-order valence-electron chi connectivity index (χ3n) is 2.59. The molecular formula is C10H12N2O5. The molecule has 0 radical (unpaired) electrons. The lowest BCUT2D eigenvalue weighted by molar-refractivity contribution is -0.0430. The molecule has 1 saturated heterocycles. The van der Waals surface area contributed by atoms with Crippen molar-refractivity contribution in [1.82, 2.24) is 9.55 Å². The van der Waals surface area contributed by atoms with Gasteiger partial charge in [0.1, 0.15) is 18.0 Å². The van der Waals surface area contributed by atoms with Gasteiger partial charge in [0.2, 0.25) is 6.23 Å². The molecule has 0 aliphatic carbocycles. The Balaban J connectivity index is 2.43. The summed E-state index contributed by atoms with van der Waals surface area (Å²) in [5, 5.41) is 9.70. The third-order valence-corrected chi connectivity index (χ3v) is 2.59. The van der Waals surface area contributed by atoms with Crippen LogP contribution < -0.4 is 11.2 Å². The maximum atomic E-state index is 11.6. The fourth-order valence-corrected chi connectivity index (χ4v) is 1.72. The van der Waals surface area contributed by atoms with Crippen LogP contribution in [-0.4, -0.2) is 34.0 Å². The lowest BCUT2D eigenvalue weighted by atomic mass is 10.2. The second-order valence-electron chi connectivity index (χ2n) is 3.64. The molecule has 1 aromatic heterocycles. The minimum absolute atomic E-state index is 0.125. The first-order valence-corrected chi connectivity index (χ1v) is 4.92. The van der Waals surface area contributed by atoms with Crippen molar-refractivity contribution in [2.75, 3.05) is 7.11 Å². The van der Waals surface area contributed by atoms with Gasteiger partial charge in [0.15, 0.2) is 0 Å². The zero-order chi connectivity index (χ0) is 12.6. The number of aliphatic hydroxyl groups excluding tert-OH is 1. The van der Waals surface area contributed by atoms with Crippen molar-refractivity contribution in [2.45, 2.75) is 18.4 Å². The number of nitrogens with one attached hydrogen (secondary N) is 1. The highest BCUT2D eigenvalue weighted by Gasteiger charge is 2.41. The molecule has 0 bridgehead atoms. The zero-order valence-corrected chi connectivity index (χ0v) is 9.12. The summed E-state index contributed by atoms with van der Waals surface area (Å²) in [6.07, 6.45) is -1.31. The predicted molar refractivity (Wildman–Crippen MR) is 57.4 cm³/mol. The molecule has 1 aliphatic heterocycles. The van der Waals surface area contributed by atoms with E-state index in [1.807, 2.05) is 0 Å². The Morgan fingerprint density at radius 1 is 1.59 bits per heavy atom. The van der Waals surface area contributed by atoms with E-state index in [9.17, 15) is 14.7 Å². The topological polar surface area (TPSA) is 93.6 Å². The Kier molecular flexibility index (Phi) is 2.86. The van der Waals surface area contributed by atoms with E-state index in [0.717, 1.165) is 4.57 Å². The summed E-state index contributed by atoms with van der Waals surface area (Å²) < 4.78 is 11.4. The summed E-state index contributed by atoms with van der Waals surface area (Å²) in [7, 11) is 1.39. The molecule has 1 fully saturated rings. The number of aliphatic hydroxyl groups is 1. The molecule has 1 aliphatic rings. The second kappa shape index (κ2) is 4.19. The molecule has 3 unspecified atom stereocenters. The number of methoxy groups -OCH3 is 1. The van der Waals surface area contributed by atoms with Crippen LogP contribution in [0.3, 0.4) is 0 Å². The van der Waals surface area contributed by atoms with Gasteiger partial charge in [0.25, 0.3) is 5.56 Å². The Morgan fingerprint density at radius 3 is 2.88 bits per heavy atom. The number of hydrogen-bond acceptors (Lipinski definition) is 5. The first-order valence-electron chi connectivity index (χ1n) is 4.92. The molecular weight excluding hydrogens is 228 g/mol. The molecule has 17 heavy (non-hydrogen) atoms. The van der Waals surface area contributed by atoms with E-state index in [1.54, 1.807) is 0 Å². The number of H-pyrrole nitrogens is 1. The fraction of sp³-hybridized carbons (Fsp3) is 0.400. The van der Waals surface area contributed by atoms with Gasteiger partial charge < -0.3 is 14.6 Å². The first-order chi connectivity index (χ1) is 8.04. The van der Waals surface area contributed by atoms with E-state index in [0.29, 0.717) is 0 Å². The van der Waals surface area contributed by atoms with Gasteiger partial charge in [-0.05, 0) is 0 Å². The van der Waals surface area contributed by atoms with Crippen molar-refractivity contribution in [3.8, 4) is 0 Å². The summed E-state index contributed by atoms with van der Waals surface area (Å²) in [4.78, 5) is 24.6. The van der Waals surface area contributed by atoms with Crippen LogP contribution in [0.5, 0.6) is 0 Å². The largest absolute Gasteiger partial charge is 0.469 e. The fourth-order valence-electron chi connectivity index (χ4n) is 1.72. The standard InChI is InChI=1S/C10H12N2O5/c1-5-7(14)8(16-2)9(17-5)12-4-3-6(13)11-10(12)15/h3-4,7-9,14H,1H2,2H3,(H,11,13,15). The smallest absolute Gasteiger partial charge is 0.331 e. The summed E-state index contributed by atoms with van der Waals surface area (Å²) in [5.74, 6) is 0.125. The molecule has 0 amide bonds. The van der Waals surface area contributed by atoms with Gasteiger partial charge in [0.05, 0.1) is 0 Å². The number of aromatic amines is 1. The zero-order valence-electron chi connectivity index (χ0n) is 9.12. The lowest BCUT2D eigenvalue weighted by Gasteiger charge is -2.19. The van der Waals surface area contributed by atoms with Crippen molar-refractivity contribution in [2.24, 2.45) is 0 Å². The van der Waals surface area contributed by atoms with Crippen LogP contribution in [0.4, 0.5) is 0 Å². The quantitative estimate of drug-likeness (QED) is 0.688. The van der Waals surface area contributed by atoms with E-state index < -0.39 is 29.7 Å². The Hall–Kier alpha value is -1.86. The van der Waals surface area contributed by atoms with Crippen molar-refractivity contribution in [3.05, 3.63) is 45.4 Å². The first kappa shape index (κ1) is 11.6. The Morgan fingerprint density at radius 2 is 2.29 bits per heavy atom. The molecule has 1 aromatic rings. The van der Waals surface area contributed by atoms with E-state index in [-0.39, 0.29) is 5.76 Å². The highest BCUT2D eigenvalue weighted by atomic mass is 16.6. The molecule has 7 nitrogen and oxygen atoms in total. The van der Waals surface area contributed by atoms with Gasteiger partial charge in [-0.3, -0.25) is 14.3 Å². The lowest BCUT2D eigenvalue weighted by Crippen LogP contribution is -2.38. The van der Waals surface area contributed by atoms with Gasteiger partial charge in [-0.2, -0.15) is 0 Å². The highest BCUT2D eigenvalue weighted by Crippen LogP contribution is 2.31. The number of ether oxygens (including phenoxy) is 2. The SMILES string of the molecule is C=C1OC(n2ccc(=O)[nH]c2=O)C(OC)C1O. The third kappa shape index (κ3) is 1.90. The van der Waals surface area contributed by atoms with Crippen LogP contribution in [0.25, 0.3) is 0 Å². The minimum Gasteiger partial charge on any atom is -0.469 e. The van der Waals surface area contributed by atoms with Gasteiger partial charge in [-0.15, -0.1) is 0 Å². The molecule has 92 valence electrons. The molecule has 7 heteroatoms. The van der Waals surface area contributed by atoms with Crippen LogP contribution in [0.1, 0.15) is 6.23 Å². The van der Waals surface area contributed by atoms with Gasteiger partial charge in [-0.25, -0.2) is 4.79 Å². The maximum absolute atomic E-state index is 11.6. The van der Waals surface area contributed by atoms with Crippen molar-refractivity contribution in [3.63, 3.8) is 0 Å². The normalized spacial score (nSPS) is 28.1. The van der Waals surface area contributed by atoms with Crippen molar-refractivity contribution < 1.29 is 14.6 Å². The summed E-state index contributed by atoms with van der Waals surface area (Å²) in [5.41, 5.74) is -1.14. The van der Waals surface area contributed by atoms with Crippen molar-refractivity contribution in [1.29, 1.82) is 0 Å². The van der Waals surface area contributed by atoms with Crippen LogP contribution in [-0.2, 0) is 9.47 Å². The van der Waals surface area contributed by atoms with Crippen LogP contribution >= 0.6 is 0 Å². The van der Waals surface area contributed by atoms with E-state index >= 15 is 0 Å². The highest BCUT2D eigenvalue weighted by molar-refractivity contribution is 5.05. The van der Waals surface area contributed by atoms with E-state index in [2.05, 4.69) is 11.6 Å². The Bertz CT molecular complexity index is 546. The molecule has 0 spiro atoms. The molecule has 0 aromatic carbocycles. The summed E-state index contributed by atoms with van der Waals surface area (Å²) >= 11 is 0. The number of aromatic nitrogens is 2. The Labute approximate surface area is 95.9 Å². The van der Waals surface area contributed by atoms with Crippen LogP contribution in [0, 0.1) is 0 Å². The summed E-state index contributed by atoms with van der Waals surface area (Å²) in [6.45, 7) is 3.52. The maximum Gasteiger partial charge on any atom is 0.331 e. The van der Waals surface area contributed by atoms with E-state index in [4.69, 9.17) is 9.47 Å². The van der Waals surface area contributed by atoms with Crippen molar-refractivity contribution >= 4 is 0 Å². The van der Waals surface area contributed by atoms with Gasteiger partial charge >= 0.3 is 5.69 Å². The minimum atomic E-state index is -1.01. The number of nitrogens with zero attached hydrogens (tertiary/aromatic N) is 1.